The van der Waals surface area contributed by atoms with Gasteiger partial charge in [0.1, 0.15) is 0 Å². The SMILES string of the molecule is CC1CN(C(=O)NC2CCCCCCC2)CC(C)O1. The fraction of sp³-hybridized carbons (Fsp3) is 0.933. The highest BCUT2D eigenvalue weighted by molar-refractivity contribution is 5.74. The maximum absolute atomic E-state index is 12.3. The van der Waals surface area contributed by atoms with Crippen molar-refractivity contribution >= 4 is 6.03 Å². The molecule has 1 aliphatic heterocycles. The molecule has 19 heavy (non-hydrogen) atoms. The monoisotopic (exact) mass is 268 g/mol. The van der Waals surface area contributed by atoms with E-state index in [0.29, 0.717) is 19.1 Å². The molecule has 0 aromatic rings. The first-order chi connectivity index (χ1) is 9.15. The second-order valence-electron chi connectivity index (χ2n) is 6.15. The van der Waals surface area contributed by atoms with Crippen molar-refractivity contribution in [3.05, 3.63) is 0 Å². The molecule has 2 unspecified atom stereocenters. The number of hydrogen-bond donors (Lipinski definition) is 1. The summed E-state index contributed by atoms with van der Waals surface area (Å²) in [6.45, 7) is 5.49. The van der Waals surface area contributed by atoms with E-state index in [1.54, 1.807) is 0 Å². The second kappa shape index (κ2) is 7.13. The van der Waals surface area contributed by atoms with Crippen LogP contribution in [0, 0.1) is 0 Å². The number of carbonyl (C=O) groups is 1. The minimum absolute atomic E-state index is 0.104. The van der Waals surface area contributed by atoms with Crippen LogP contribution in [0.5, 0.6) is 0 Å². The van der Waals surface area contributed by atoms with Crippen LogP contribution in [-0.4, -0.2) is 42.3 Å². The molecular formula is C15H28N2O2. The molecule has 110 valence electrons. The molecule has 4 heteroatoms. The molecule has 2 rings (SSSR count). The van der Waals surface area contributed by atoms with Gasteiger partial charge in [-0.25, -0.2) is 4.79 Å². The lowest BCUT2D eigenvalue weighted by atomic mass is 9.97. The number of morpholine rings is 1. The molecule has 1 heterocycles. The molecule has 1 aliphatic carbocycles. The lowest BCUT2D eigenvalue weighted by molar-refractivity contribution is -0.0548. The zero-order valence-corrected chi connectivity index (χ0v) is 12.4. The molecule has 0 bridgehead atoms. The second-order valence-corrected chi connectivity index (χ2v) is 6.15. The summed E-state index contributed by atoms with van der Waals surface area (Å²) < 4.78 is 5.67. The van der Waals surface area contributed by atoms with Gasteiger partial charge in [-0.3, -0.25) is 0 Å². The van der Waals surface area contributed by atoms with E-state index >= 15 is 0 Å². The Morgan fingerprint density at radius 3 is 2.11 bits per heavy atom. The summed E-state index contributed by atoms with van der Waals surface area (Å²) in [6, 6.07) is 0.480. The Morgan fingerprint density at radius 1 is 1.00 bits per heavy atom. The van der Waals surface area contributed by atoms with Gasteiger partial charge in [-0.1, -0.05) is 32.1 Å². The van der Waals surface area contributed by atoms with E-state index in [4.69, 9.17) is 4.74 Å². The van der Waals surface area contributed by atoms with Gasteiger partial charge in [-0.2, -0.15) is 0 Å². The van der Waals surface area contributed by atoms with E-state index in [9.17, 15) is 4.79 Å². The molecule has 0 aromatic carbocycles. The summed E-state index contributed by atoms with van der Waals surface area (Å²) >= 11 is 0. The first-order valence-electron chi connectivity index (χ1n) is 7.86. The summed E-state index contributed by atoms with van der Waals surface area (Å²) in [7, 11) is 0. The van der Waals surface area contributed by atoms with Gasteiger partial charge in [-0.05, 0) is 26.7 Å². The van der Waals surface area contributed by atoms with Crippen LogP contribution in [0.3, 0.4) is 0 Å². The third-order valence-corrected chi connectivity index (χ3v) is 4.14. The number of nitrogens with one attached hydrogen (secondary N) is 1. The van der Waals surface area contributed by atoms with Gasteiger partial charge < -0.3 is 15.0 Å². The Bertz CT molecular complexity index is 278. The maximum Gasteiger partial charge on any atom is 0.317 e. The molecule has 2 fully saturated rings. The predicted molar refractivity (Wildman–Crippen MR) is 76.2 cm³/mol. The van der Waals surface area contributed by atoms with Gasteiger partial charge in [0.2, 0.25) is 0 Å². The molecule has 1 saturated heterocycles. The molecule has 0 spiro atoms. The number of urea groups is 1. The Labute approximate surface area is 116 Å². The number of ether oxygens (including phenoxy) is 1. The summed E-state index contributed by atoms with van der Waals surface area (Å²) in [4.78, 5) is 14.2. The molecule has 1 N–H and O–H groups in total. The standard InChI is InChI=1S/C15H28N2O2/c1-12-10-17(11-13(2)19-12)15(18)16-14-8-6-4-3-5-7-9-14/h12-14H,3-11H2,1-2H3,(H,16,18). The first-order valence-corrected chi connectivity index (χ1v) is 7.86. The Morgan fingerprint density at radius 2 is 1.53 bits per heavy atom. The summed E-state index contributed by atoms with van der Waals surface area (Å²) in [5, 5.41) is 3.23. The van der Waals surface area contributed by atoms with Gasteiger partial charge in [0.15, 0.2) is 0 Å². The van der Waals surface area contributed by atoms with Crippen molar-refractivity contribution in [2.75, 3.05) is 13.1 Å². The third-order valence-electron chi connectivity index (χ3n) is 4.14. The van der Waals surface area contributed by atoms with Crippen LogP contribution in [0.25, 0.3) is 0 Å². The highest BCUT2D eigenvalue weighted by Crippen LogP contribution is 2.18. The Kier molecular flexibility index (Phi) is 5.49. The lowest BCUT2D eigenvalue weighted by Crippen LogP contribution is -2.53. The Balaban J connectivity index is 1.81. The zero-order valence-electron chi connectivity index (χ0n) is 12.4. The van der Waals surface area contributed by atoms with Gasteiger partial charge in [0.25, 0.3) is 0 Å². The number of amides is 2. The highest BCUT2D eigenvalue weighted by Gasteiger charge is 2.27. The van der Waals surface area contributed by atoms with Crippen LogP contribution in [-0.2, 0) is 4.74 Å². The summed E-state index contributed by atoms with van der Waals surface area (Å²) in [5.74, 6) is 0. The van der Waals surface area contributed by atoms with E-state index in [1.807, 2.05) is 18.7 Å². The maximum atomic E-state index is 12.3. The molecule has 0 radical (unpaired) electrons. The van der Waals surface area contributed by atoms with Crippen LogP contribution in [0.15, 0.2) is 0 Å². The third kappa shape index (κ3) is 4.68. The molecular weight excluding hydrogens is 240 g/mol. The lowest BCUT2D eigenvalue weighted by Gasteiger charge is -2.36. The van der Waals surface area contributed by atoms with Crippen molar-refractivity contribution in [2.45, 2.75) is 77.0 Å². The quantitative estimate of drug-likeness (QED) is 0.794. The first kappa shape index (κ1) is 14.6. The largest absolute Gasteiger partial charge is 0.372 e. The summed E-state index contributed by atoms with van der Waals surface area (Å²) in [6.07, 6.45) is 9.07. The van der Waals surface area contributed by atoms with E-state index in [0.717, 1.165) is 12.8 Å². The van der Waals surface area contributed by atoms with E-state index in [1.165, 1.54) is 32.1 Å². The molecule has 2 atom stereocenters. The fourth-order valence-corrected chi connectivity index (χ4v) is 3.21. The molecule has 4 nitrogen and oxygen atoms in total. The van der Waals surface area contributed by atoms with E-state index in [2.05, 4.69) is 5.32 Å². The smallest absolute Gasteiger partial charge is 0.317 e. The van der Waals surface area contributed by atoms with Gasteiger partial charge in [-0.15, -0.1) is 0 Å². The average Bonchev–Trinajstić information content (AvgIpc) is 2.31. The van der Waals surface area contributed by atoms with Crippen molar-refractivity contribution in [1.82, 2.24) is 10.2 Å². The fourth-order valence-electron chi connectivity index (χ4n) is 3.21. The van der Waals surface area contributed by atoms with Gasteiger partial charge in [0.05, 0.1) is 12.2 Å². The van der Waals surface area contributed by atoms with Crippen LogP contribution < -0.4 is 5.32 Å². The van der Waals surface area contributed by atoms with Gasteiger partial charge >= 0.3 is 6.03 Å². The minimum Gasteiger partial charge on any atom is -0.372 e. The van der Waals surface area contributed by atoms with Crippen LogP contribution in [0.1, 0.15) is 58.8 Å². The van der Waals surface area contributed by atoms with E-state index in [-0.39, 0.29) is 18.2 Å². The van der Waals surface area contributed by atoms with Crippen LogP contribution in [0.2, 0.25) is 0 Å². The molecule has 0 aromatic heterocycles. The van der Waals surface area contributed by atoms with Gasteiger partial charge in [0, 0.05) is 19.1 Å². The van der Waals surface area contributed by atoms with Crippen molar-refractivity contribution in [3.8, 4) is 0 Å². The Hall–Kier alpha value is -0.770. The summed E-state index contributed by atoms with van der Waals surface area (Å²) in [5.41, 5.74) is 0. The zero-order chi connectivity index (χ0) is 13.7. The predicted octanol–water partition coefficient (Wildman–Crippen LogP) is 2.92. The minimum atomic E-state index is 0.104. The topological polar surface area (TPSA) is 41.6 Å². The van der Waals surface area contributed by atoms with Crippen molar-refractivity contribution in [3.63, 3.8) is 0 Å². The van der Waals surface area contributed by atoms with E-state index < -0.39 is 0 Å². The van der Waals surface area contributed by atoms with Crippen LogP contribution >= 0.6 is 0 Å². The average molecular weight is 268 g/mol. The number of hydrogen-bond acceptors (Lipinski definition) is 2. The molecule has 2 amide bonds. The molecule has 2 aliphatic rings. The number of rotatable bonds is 1. The number of carbonyl (C=O) groups excluding carboxylic acids is 1. The van der Waals surface area contributed by atoms with Crippen molar-refractivity contribution in [2.24, 2.45) is 0 Å². The number of nitrogens with zero attached hydrogens (tertiary/aromatic N) is 1. The molecule has 1 saturated carbocycles. The van der Waals surface area contributed by atoms with Crippen LogP contribution in [0.4, 0.5) is 4.79 Å². The van der Waals surface area contributed by atoms with Crippen molar-refractivity contribution in [1.29, 1.82) is 0 Å². The highest BCUT2D eigenvalue weighted by atomic mass is 16.5. The normalized spacial score (nSPS) is 30.5. The van der Waals surface area contributed by atoms with Crippen molar-refractivity contribution < 1.29 is 9.53 Å².